The lowest BCUT2D eigenvalue weighted by atomic mass is 9.97. The van der Waals surface area contributed by atoms with E-state index < -0.39 is 0 Å². The van der Waals surface area contributed by atoms with Crippen molar-refractivity contribution < 1.29 is 9.53 Å². The molecule has 1 atom stereocenters. The van der Waals surface area contributed by atoms with Crippen LogP contribution in [0.5, 0.6) is 0 Å². The highest BCUT2D eigenvalue weighted by atomic mass is 16.5. The standard InChI is InChI=1S/C14H24N4O2/c1-2-20-9-7-16-14(19)11-18-8-5-13(17-18)12-4-3-6-15-10-12/h5,8,12,15H,2-4,6-7,9-11H2,1H3,(H,16,19)/t12-/m0/s1. The van der Waals surface area contributed by atoms with Crippen molar-refractivity contribution in [3.8, 4) is 0 Å². The van der Waals surface area contributed by atoms with Gasteiger partial charge in [0.15, 0.2) is 0 Å². The smallest absolute Gasteiger partial charge is 0.241 e. The van der Waals surface area contributed by atoms with E-state index in [1.807, 2.05) is 19.2 Å². The van der Waals surface area contributed by atoms with Gasteiger partial charge in [-0.25, -0.2) is 0 Å². The summed E-state index contributed by atoms with van der Waals surface area (Å²) in [6, 6.07) is 2.02. The summed E-state index contributed by atoms with van der Waals surface area (Å²) in [6.45, 7) is 6.07. The summed E-state index contributed by atoms with van der Waals surface area (Å²) < 4.78 is 6.88. The minimum atomic E-state index is -0.0267. The van der Waals surface area contributed by atoms with Crippen LogP contribution in [-0.2, 0) is 16.1 Å². The second-order valence-corrected chi connectivity index (χ2v) is 5.03. The second kappa shape index (κ2) is 8.01. The van der Waals surface area contributed by atoms with Crippen LogP contribution >= 0.6 is 0 Å². The van der Waals surface area contributed by atoms with Crippen molar-refractivity contribution in [3.05, 3.63) is 18.0 Å². The molecule has 1 aromatic rings. The highest BCUT2D eigenvalue weighted by Crippen LogP contribution is 2.21. The van der Waals surface area contributed by atoms with E-state index in [0.29, 0.717) is 25.7 Å². The number of ether oxygens (including phenoxy) is 1. The Morgan fingerprint density at radius 2 is 2.55 bits per heavy atom. The predicted octanol–water partition coefficient (Wildman–Crippen LogP) is 0.503. The molecule has 1 saturated heterocycles. The number of nitrogens with one attached hydrogen (secondary N) is 2. The van der Waals surface area contributed by atoms with Gasteiger partial charge in [0.1, 0.15) is 6.54 Å². The summed E-state index contributed by atoms with van der Waals surface area (Å²) in [7, 11) is 0. The second-order valence-electron chi connectivity index (χ2n) is 5.03. The zero-order valence-corrected chi connectivity index (χ0v) is 12.1. The van der Waals surface area contributed by atoms with Crippen LogP contribution in [0.1, 0.15) is 31.4 Å². The number of hydrogen-bond acceptors (Lipinski definition) is 4. The Labute approximate surface area is 119 Å². The molecule has 1 aromatic heterocycles. The van der Waals surface area contributed by atoms with Gasteiger partial charge < -0.3 is 15.4 Å². The Kier molecular flexibility index (Phi) is 6.01. The molecule has 0 unspecified atom stereocenters. The van der Waals surface area contributed by atoms with Crippen LogP contribution in [-0.4, -0.2) is 48.5 Å². The van der Waals surface area contributed by atoms with E-state index in [2.05, 4.69) is 15.7 Å². The normalized spacial score (nSPS) is 18.9. The van der Waals surface area contributed by atoms with Crippen molar-refractivity contribution in [3.63, 3.8) is 0 Å². The van der Waals surface area contributed by atoms with Gasteiger partial charge in [0.05, 0.1) is 12.3 Å². The van der Waals surface area contributed by atoms with Crippen LogP contribution in [0.4, 0.5) is 0 Å². The first-order valence-electron chi connectivity index (χ1n) is 7.38. The molecule has 0 aromatic carbocycles. The van der Waals surface area contributed by atoms with E-state index in [4.69, 9.17) is 4.74 Å². The number of nitrogens with zero attached hydrogens (tertiary/aromatic N) is 2. The quantitative estimate of drug-likeness (QED) is 0.714. The van der Waals surface area contributed by atoms with Gasteiger partial charge in [0.2, 0.25) is 5.91 Å². The van der Waals surface area contributed by atoms with Crippen molar-refractivity contribution in [2.75, 3.05) is 32.8 Å². The molecule has 0 bridgehead atoms. The maximum Gasteiger partial charge on any atom is 0.241 e. The maximum absolute atomic E-state index is 11.7. The molecular formula is C14H24N4O2. The Bertz CT molecular complexity index is 413. The maximum atomic E-state index is 11.7. The molecule has 2 rings (SSSR count). The molecule has 20 heavy (non-hydrogen) atoms. The SMILES string of the molecule is CCOCCNC(=O)Cn1ccc([C@H]2CCCNC2)n1. The van der Waals surface area contributed by atoms with Crippen molar-refractivity contribution in [2.45, 2.75) is 32.2 Å². The van der Waals surface area contributed by atoms with Crippen LogP contribution in [0.3, 0.4) is 0 Å². The van der Waals surface area contributed by atoms with E-state index in [9.17, 15) is 4.79 Å². The van der Waals surface area contributed by atoms with Gasteiger partial charge in [-0.3, -0.25) is 9.48 Å². The molecule has 0 aliphatic carbocycles. The molecule has 112 valence electrons. The van der Waals surface area contributed by atoms with Gasteiger partial charge in [-0.05, 0) is 32.4 Å². The Balaban J connectivity index is 1.75. The van der Waals surface area contributed by atoms with Crippen molar-refractivity contribution in [2.24, 2.45) is 0 Å². The molecule has 0 spiro atoms. The summed E-state index contributed by atoms with van der Waals surface area (Å²) in [4.78, 5) is 11.7. The van der Waals surface area contributed by atoms with E-state index in [0.717, 1.165) is 18.8 Å². The summed E-state index contributed by atoms with van der Waals surface area (Å²) in [5.74, 6) is 0.451. The van der Waals surface area contributed by atoms with Gasteiger partial charge in [0, 0.05) is 31.8 Å². The lowest BCUT2D eigenvalue weighted by Gasteiger charge is -2.20. The van der Waals surface area contributed by atoms with Crippen molar-refractivity contribution in [1.29, 1.82) is 0 Å². The largest absolute Gasteiger partial charge is 0.380 e. The number of amides is 1. The minimum absolute atomic E-state index is 0.0267. The summed E-state index contributed by atoms with van der Waals surface area (Å²) in [6.07, 6.45) is 4.24. The number of carbonyl (C=O) groups excluding carboxylic acids is 1. The summed E-state index contributed by atoms with van der Waals surface area (Å²) >= 11 is 0. The fourth-order valence-corrected chi connectivity index (χ4v) is 2.40. The van der Waals surface area contributed by atoms with Crippen LogP contribution in [0.25, 0.3) is 0 Å². The Morgan fingerprint density at radius 1 is 1.65 bits per heavy atom. The number of carbonyl (C=O) groups is 1. The molecule has 0 saturated carbocycles. The summed E-state index contributed by atoms with van der Waals surface area (Å²) in [5.41, 5.74) is 1.08. The lowest BCUT2D eigenvalue weighted by Crippen LogP contribution is -2.31. The summed E-state index contributed by atoms with van der Waals surface area (Å²) in [5, 5.41) is 10.7. The molecule has 6 nitrogen and oxygen atoms in total. The van der Waals surface area contributed by atoms with Crippen molar-refractivity contribution >= 4 is 5.91 Å². The molecule has 2 N–H and O–H groups in total. The average Bonchev–Trinajstić information content (AvgIpc) is 2.93. The zero-order chi connectivity index (χ0) is 14.2. The Hall–Kier alpha value is -1.40. The third kappa shape index (κ3) is 4.61. The molecule has 1 aliphatic rings. The predicted molar refractivity (Wildman–Crippen MR) is 76.6 cm³/mol. The number of piperidine rings is 1. The molecule has 2 heterocycles. The highest BCUT2D eigenvalue weighted by Gasteiger charge is 2.17. The first-order valence-corrected chi connectivity index (χ1v) is 7.38. The Morgan fingerprint density at radius 3 is 3.30 bits per heavy atom. The van der Waals surface area contributed by atoms with Crippen molar-refractivity contribution in [1.82, 2.24) is 20.4 Å². The fourth-order valence-electron chi connectivity index (χ4n) is 2.40. The van der Waals surface area contributed by atoms with Gasteiger partial charge >= 0.3 is 0 Å². The topological polar surface area (TPSA) is 68.2 Å². The minimum Gasteiger partial charge on any atom is -0.380 e. The first kappa shape index (κ1) is 15.0. The number of aromatic nitrogens is 2. The van der Waals surface area contributed by atoms with Gasteiger partial charge in [-0.1, -0.05) is 0 Å². The third-order valence-electron chi connectivity index (χ3n) is 3.45. The van der Waals surface area contributed by atoms with E-state index >= 15 is 0 Å². The highest BCUT2D eigenvalue weighted by molar-refractivity contribution is 5.75. The molecule has 0 radical (unpaired) electrons. The van der Waals surface area contributed by atoms with E-state index in [1.54, 1.807) is 4.68 Å². The third-order valence-corrected chi connectivity index (χ3v) is 3.45. The van der Waals surface area contributed by atoms with Crippen LogP contribution < -0.4 is 10.6 Å². The van der Waals surface area contributed by atoms with Gasteiger partial charge in [-0.2, -0.15) is 5.10 Å². The molecule has 1 aliphatic heterocycles. The number of rotatable bonds is 7. The van der Waals surface area contributed by atoms with Gasteiger partial charge in [0.25, 0.3) is 0 Å². The van der Waals surface area contributed by atoms with Crippen LogP contribution in [0.15, 0.2) is 12.3 Å². The first-order chi connectivity index (χ1) is 9.79. The molecular weight excluding hydrogens is 256 g/mol. The zero-order valence-electron chi connectivity index (χ0n) is 12.1. The molecule has 1 fully saturated rings. The van der Waals surface area contributed by atoms with E-state index in [-0.39, 0.29) is 12.5 Å². The van der Waals surface area contributed by atoms with Gasteiger partial charge in [-0.15, -0.1) is 0 Å². The van der Waals surface area contributed by atoms with Crippen LogP contribution in [0, 0.1) is 0 Å². The molecule has 6 heteroatoms. The average molecular weight is 280 g/mol. The lowest BCUT2D eigenvalue weighted by molar-refractivity contribution is -0.122. The molecule has 1 amide bonds. The monoisotopic (exact) mass is 280 g/mol. The number of hydrogen-bond donors (Lipinski definition) is 2. The van der Waals surface area contributed by atoms with Crippen LogP contribution in [0.2, 0.25) is 0 Å². The van der Waals surface area contributed by atoms with E-state index in [1.165, 1.54) is 12.8 Å². The fraction of sp³-hybridized carbons (Fsp3) is 0.714.